The number of fused-ring (bicyclic) bond motifs is 4. The van der Waals surface area contributed by atoms with Crippen LogP contribution in [0.4, 0.5) is 0 Å². The molecule has 0 spiro atoms. The number of hydrogen-bond donors (Lipinski definition) is 1. The summed E-state index contributed by atoms with van der Waals surface area (Å²) in [4.78, 5) is 4.28. The fraction of sp³-hybridized carbons (Fsp3) is 0.312. The highest BCUT2D eigenvalue weighted by molar-refractivity contribution is 5.69. The monoisotopic (exact) mass is 294 g/mol. The van der Waals surface area contributed by atoms with Gasteiger partial charge in [-0.3, -0.25) is 0 Å². The summed E-state index contributed by atoms with van der Waals surface area (Å²) in [5.41, 5.74) is 4.91. The summed E-state index contributed by atoms with van der Waals surface area (Å²) in [6.07, 6.45) is 4.70. The Labute approximate surface area is 126 Å². The third-order valence-electron chi connectivity index (χ3n) is 4.91. The van der Waals surface area contributed by atoms with Crippen LogP contribution in [0.5, 0.6) is 0 Å². The largest absolute Gasteiger partial charge is 0.386 e. The van der Waals surface area contributed by atoms with Crippen LogP contribution in [0.25, 0.3) is 11.3 Å². The number of aliphatic hydroxyl groups excluding tert-OH is 1. The summed E-state index contributed by atoms with van der Waals surface area (Å²) in [5.74, 6) is 0.0380. The Kier molecular flexibility index (Phi) is 2.35. The molecule has 5 rings (SSSR count). The first kappa shape index (κ1) is 12.1. The number of hydrogen-bond acceptors (Lipinski definition) is 5. The topological polar surface area (TPSA) is 77.0 Å². The van der Waals surface area contributed by atoms with Gasteiger partial charge in [0.05, 0.1) is 24.3 Å². The molecule has 0 saturated carbocycles. The van der Waals surface area contributed by atoms with Crippen molar-refractivity contribution in [1.82, 2.24) is 19.9 Å². The van der Waals surface area contributed by atoms with E-state index in [9.17, 15) is 5.11 Å². The zero-order valence-corrected chi connectivity index (χ0v) is 11.8. The summed E-state index contributed by atoms with van der Waals surface area (Å²) in [6.45, 7) is 0. The predicted molar refractivity (Wildman–Crippen MR) is 76.9 cm³/mol. The van der Waals surface area contributed by atoms with Crippen molar-refractivity contribution in [3.05, 3.63) is 53.7 Å². The zero-order valence-electron chi connectivity index (χ0n) is 11.8. The fourth-order valence-electron chi connectivity index (χ4n) is 3.92. The second-order valence-corrected chi connectivity index (χ2v) is 5.96. The first-order valence-electron chi connectivity index (χ1n) is 7.45. The molecule has 6 nitrogen and oxygen atoms in total. The van der Waals surface area contributed by atoms with Gasteiger partial charge in [0, 0.05) is 11.5 Å². The fourth-order valence-corrected chi connectivity index (χ4v) is 3.92. The van der Waals surface area contributed by atoms with Crippen molar-refractivity contribution < 1.29 is 9.74 Å². The molecule has 0 amide bonds. The third kappa shape index (κ3) is 1.45. The Morgan fingerprint density at radius 3 is 3.09 bits per heavy atom. The van der Waals surface area contributed by atoms with Gasteiger partial charge in [-0.2, -0.15) is 0 Å². The lowest BCUT2D eigenvalue weighted by Gasteiger charge is -2.32. The Hall–Kier alpha value is -2.47. The molecule has 0 fully saturated rings. The molecule has 1 N–H and O–H groups in total. The molecule has 3 atom stereocenters. The molecule has 110 valence electrons. The molecule has 0 bridgehead atoms. The van der Waals surface area contributed by atoms with Gasteiger partial charge in [-0.1, -0.05) is 34.6 Å². The van der Waals surface area contributed by atoms with Gasteiger partial charge in [-0.15, -0.1) is 0 Å². The van der Waals surface area contributed by atoms with Gasteiger partial charge < -0.3 is 9.67 Å². The van der Waals surface area contributed by atoms with Gasteiger partial charge in [-0.05, 0) is 18.4 Å². The average molecular weight is 294 g/mol. The van der Waals surface area contributed by atoms with Gasteiger partial charge in [0.15, 0.2) is 0 Å². The van der Waals surface area contributed by atoms with Crippen LogP contribution in [0.2, 0.25) is 0 Å². The molecule has 0 saturated heterocycles. The number of aliphatic hydroxyl groups is 1. The maximum atomic E-state index is 10.8. The normalized spacial score (nSPS) is 25.6. The van der Waals surface area contributed by atoms with E-state index >= 15 is 0 Å². The van der Waals surface area contributed by atoms with Crippen molar-refractivity contribution in [3.63, 3.8) is 0 Å². The highest BCUT2D eigenvalue weighted by Crippen LogP contribution is 2.49. The van der Waals surface area contributed by atoms with E-state index in [0.717, 1.165) is 24.2 Å². The Morgan fingerprint density at radius 1 is 1.23 bits per heavy atom. The molecule has 1 aromatic carbocycles. The third-order valence-corrected chi connectivity index (χ3v) is 4.91. The number of aryl methyl sites for hydroxylation is 1. The number of aromatic nitrogens is 4. The van der Waals surface area contributed by atoms with Crippen LogP contribution in [0.1, 0.15) is 35.5 Å². The van der Waals surface area contributed by atoms with Gasteiger partial charge in [0.2, 0.25) is 0 Å². The smallest absolute Gasteiger partial charge is 0.137 e. The minimum Gasteiger partial charge on any atom is -0.386 e. The maximum absolute atomic E-state index is 10.8. The second-order valence-electron chi connectivity index (χ2n) is 5.96. The van der Waals surface area contributed by atoms with Crippen molar-refractivity contribution >= 4 is 0 Å². The molecule has 3 heterocycles. The Morgan fingerprint density at radius 2 is 2.14 bits per heavy atom. The van der Waals surface area contributed by atoms with Crippen LogP contribution in [-0.2, 0) is 6.42 Å². The van der Waals surface area contributed by atoms with Crippen molar-refractivity contribution in [2.24, 2.45) is 5.92 Å². The summed E-state index contributed by atoms with van der Waals surface area (Å²) in [6, 6.07) is 8.41. The number of imidazole rings is 1. The van der Waals surface area contributed by atoms with Gasteiger partial charge in [0.25, 0.3) is 0 Å². The lowest BCUT2D eigenvalue weighted by molar-refractivity contribution is 0.0662. The first-order chi connectivity index (χ1) is 10.8. The molecule has 2 aliphatic rings. The van der Waals surface area contributed by atoms with E-state index in [1.165, 1.54) is 11.1 Å². The maximum Gasteiger partial charge on any atom is 0.137 e. The summed E-state index contributed by atoms with van der Waals surface area (Å²) < 4.78 is 6.96. The summed E-state index contributed by atoms with van der Waals surface area (Å²) in [5, 5.41) is 18.5. The highest BCUT2D eigenvalue weighted by atomic mass is 16.6. The lowest BCUT2D eigenvalue weighted by atomic mass is 9.79. The van der Waals surface area contributed by atoms with E-state index in [1.54, 1.807) is 0 Å². The molecule has 3 aromatic rings. The predicted octanol–water partition coefficient (Wildman–Crippen LogP) is 2.13. The summed E-state index contributed by atoms with van der Waals surface area (Å²) >= 11 is 0. The van der Waals surface area contributed by atoms with E-state index in [2.05, 4.69) is 32.0 Å². The first-order valence-corrected chi connectivity index (χ1v) is 7.45. The van der Waals surface area contributed by atoms with Crippen molar-refractivity contribution in [3.8, 4) is 11.3 Å². The minimum absolute atomic E-state index is 0.0380. The van der Waals surface area contributed by atoms with Crippen molar-refractivity contribution in [2.75, 3.05) is 0 Å². The van der Waals surface area contributed by atoms with E-state index in [4.69, 9.17) is 4.63 Å². The van der Waals surface area contributed by atoms with Gasteiger partial charge in [0.1, 0.15) is 17.5 Å². The van der Waals surface area contributed by atoms with Crippen molar-refractivity contribution in [2.45, 2.75) is 25.0 Å². The molecule has 6 heteroatoms. The van der Waals surface area contributed by atoms with Crippen LogP contribution in [0.3, 0.4) is 0 Å². The second kappa shape index (κ2) is 4.27. The Balaban J connectivity index is 1.65. The van der Waals surface area contributed by atoms with E-state index in [0.29, 0.717) is 5.69 Å². The standard InChI is InChI=1S/C16H14N4O2/c21-16-11(5-6-12-14(16)19-22-18-12)15-10-4-2-1-3-9(10)13-7-17-8-20(13)15/h1-4,7-8,11,15-16,21H,5-6H2/t11-,15-,16+/m1/s1. The SMILES string of the molecule is O[C@@H]1c2nonc2CC[C@@H]1[C@H]1c2ccccc2-c2cncn21. The Bertz CT molecular complexity index is 853. The number of rotatable bonds is 1. The van der Waals surface area contributed by atoms with Crippen LogP contribution in [-0.4, -0.2) is 25.0 Å². The molecule has 22 heavy (non-hydrogen) atoms. The van der Waals surface area contributed by atoms with Crippen LogP contribution >= 0.6 is 0 Å². The zero-order chi connectivity index (χ0) is 14.7. The van der Waals surface area contributed by atoms with E-state index in [-0.39, 0.29) is 12.0 Å². The molecule has 1 aliphatic heterocycles. The lowest BCUT2D eigenvalue weighted by Crippen LogP contribution is -2.28. The number of benzene rings is 1. The summed E-state index contributed by atoms with van der Waals surface area (Å²) in [7, 11) is 0. The molecule has 0 unspecified atom stereocenters. The van der Waals surface area contributed by atoms with Crippen molar-refractivity contribution in [1.29, 1.82) is 0 Å². The van der Waals surface area contributed by atoms with Gasteiger partial charge in [-0.25, -0.2) is 9.61 Å². The molecule has 2 aromatic heterocycles. The molecular formula is C16H14N4O2. The molecular weight excluding hydrogens is 280 g/mol. The molecule has 1 aliphatic carbocycles. The van der Waals surface area contributed by atoms with E-state index < -0.39 is 6.10 Å². The van der Waals surface area contributed by atoms with Crippen LogP contribution < -0.4 is 0 Å². The minimum atomic E-state index is -0.665. The highest BCUT2D eigenvalue weighted by Gasteiger charge is 2.42. The average Bonchev–Trinajstić information content (AvgIpc) is 3.23. The van der Waals surface area contributed by atoms with Gasteiger partial charge >= 0.3 is 0 Å². The van der Waals surface area contributed by atoms with Crippen LogP contribution in [0, 0.1) is 5.92 Å². The molecule has 0 radical (unpaired) electrons. The van der Waals surface area contributed by atoms with E-state index in [1.807, 2.05) is 24.7 Å². The quantitative estimate of drug-likeness (QED) is 0.744. The van der Waals surface area contributed by atoms with Crippen LogP contribution in [0.15, 0.2) is 41.4 Å². The number of nitrogens with zero attached hydrogens (tertiary/aromatic N) is 4.